The fourth-order valence-corrected chi connectivity index (χ4v) is 9.24. The second-order valence-electron chi connectivity index (χ2n) is 16.6. The number of rotatable bonds is 27. The molecule has 5 atom stereocenters. The van der Waals surface area contributed by atoms with E-state index in [1.165, 1.54) is 0 Å². The van der Waals surface area contributed by atoms with Crippen molar-refractivity contribution in [2.45, 2.75) is 192 Å². The van der Waals surface area contributed by atoms with E-state index in [0.717, 1.165) is 151 Å². The number of Topliss-reactive ketones (excluding diaryl/α,β-unsaturated/α-hetero) is 2. The van der Waals surface area contributed by atoms with Gasteiger partial charge in [-0.3, -0.25) is 19.2 Å². The first-order valence-electron chi connectivity index (χ1n) is 22.0. The van der Waals surface area contributed by atoms with Gasteiger partial charge in [-0.05, 0) is 86.5 Å². The summed E-state index contributed by atoms with van der Waals surface area (Å²) in [7, 11) is 0. The highest BCUT2D eigenvalue weighted by molar-refractivity contribution is 5.87. The van der Waals surface area contributed by atoms with Crippen LogP contribution in [-0.4, -0.2) is 33.7 Å². The van der Waals surface area contributed by atoms with Crippen LogP contribution in [0.3, 0.4) is 0 Å². The number of carbonyl (C=O) groups is 4. The molecule has 2 aliphatic rings. The average Bonchev–Trinajstić information content (AvgIpc) is 3.75. The van der Waals surface area contributed by atoms with Gasteiger partial charge in [0.1, 0.15) is 17.7 Å². The Balaban J connectivity index is 1.49. The molecular weight excluding hydrogens is 689 g/mol. The summed E-state index contributed by atoms with van der Waals surface area (Å²) < 4.78 is 6.17. The minimum absolute atomic E-state index is 0.158. The van der Waals surface area contributed by atoms with Crippen molar-refractivity contribution >= 4 is 23.5 Å². The van der Waals surface area contributed by atoms with Crippen molar-refractivity contribution in [2.24, 2.45) is 11.8 Å². The quantitative estimate of drug-likeness (QED) is 0.0688. The van der Waals surface area contributed by atoms with Crippen LogP contribution in [0, 0.1) is 11.8 Å². The van der Waals surface area contributed by atoms with Crippen LogP contribution in [0.2, 0.25) is 0 Å². The van der Waals surface area contributed by atoms with Gasteiger partial charge in [0.05, 0.1) is 6.10 Å². The lowest BCUT2D eigenvalue weighted by Gasteiger charge is -2.37. The van der Waals surface area contributed by atoms with Gasteiger partial charge in [0.15, 0.2) is 0 Å². The van der Waals surface area contributed by atoms with Gasteiger partial charge in [-0.25, -0.2) is 0 Å². The summed E-state index contributed by atoms with van der Waals surface area (Å²) in [6.45, 7) is 4.34. The molecule has 7 heteroatoms. The Morgan fingerprint density at radius 1 is 0.691 bits per heavy atom. The number of aliphatic hydroxyl groups excluding tert-OH is 1. The molecule has 0 heterocycles. The van der Waals surface area contributed by atoms with Crippen molar-refractivity contribution in [3.8, 4) is 0 Å². The lowest BCUT2D eigenvalue weighted by atomic mass is 9.65. The summed E-state index contributed by atoms with van der Waals surface area (Å²) in [4.78, 5) is 49.8. The zero-order valence-corrected chi connectivity index (χ0v) is 34.0. The van der Waals surface area contributed by atoms with E-state index < -0.39 is 17.5 Å². The molecule has 0 spiro atoms. The Labute approximate surface area is 331 Å². The summed E-state index contributed by atoms with van der Waals surface area (Å²) in [6, 6.07) is 16.8. The first-order chi connectivity index (χ1) is 26.7. The smallest absolute Gasteiger partial charge is 0.306 e. The number of hydrogen-bond donors (Lipinski definition) is 2. The van der Waals surface area contributed by atoms with E-state index in [9.17, 15) is 24.3 Å². The largest absolute Gasteiger partial charge is 0.481 e. The molecule has 304 valence electrons. The second-order valence-corrected chi connectivity index (χ2v) is 16.6. The molecule has 0 saturated heterocycles. The second kappa shape index (κ2) is 23.7. The normalized spacial score (nSPS) is 20.9. The number of ether oxygens (including phenoxy) is 1. The van der Waals surface area contributed by atoms with Crippen LogP contribution in [0.4, 0.5) is 0 Å². The Morgan fingerprint density at radius 3 is 1.87 bits per heavy atom. The first-order valence-corrected chi connectivity index (χ1v) is 22.0. The topological polar surface area (TPSA) is 118 Å². The standard InChI is InChI=1S/C48H70O7/c1-3-5-11-21-42(49)37-26-30-39(31-27-37)48(35-34-44(51)41(48)20-14-8-9-15-24-46(52)53)40-32-28-38(29-33-40)45(23-12-6-4-2)55-47(54)25-16-10-7-13-18-36-19-17-22-43(36)50/h26-33,36,41-42,45,49H,3-25,34-35H2,1-2H3,(H,52,53)/t36?,41-,42-,45+,48-/m0/s1. The van der Waals surface area contributed by atoms with Crippen LogP contribution in [-0.2, 0) is 29.3 Å². The van der Waals surface area contributed by atoms with Gasteiger partial charge in [0.2, 0.25) is 0 Å². The van der Waals surface area contributed by atoms with Crippen molar-refractivity contribution in [2.75, 3.05) is 0 Å². The summed E-state index contributed by atoms with van der Waals surface area (Å²) in [5.74, 6) is -0.157. The number of ketones is 2. The maximum atomic E-state index is 13.7. The first kappa shape index (κ1) is 44.4. The predicted molar refractivity (Wildman–Crippen MR) is 219 cm³/mol. The number of esters is 1. The number of benzene rings is 2. The van der Waals surface area contributed by atoms with Gasteiger partial charge in [0.25, 0.3) is 0 Å². The third-order valence-electron chi connectivity index (χ3n) is 12.5. The fourth-order valence-electron chi connectivity index (χ4n) is 9.24. The number of aliphatic carboxylic acids is 1. The molecule has 1 unspecified atom stereocenters. The summed E-state index contributed by atoms with van der Waals surface area (Å²) in [6.07, 6.45) is 20.4. The van der Waals surface area contributed by atoms with Gasteiger partial charge in [0, 0.05) is 42.9 Å². The predicted octanol–water partition coefficient (Wildman–Crippen LogP) is 11.9. The summed E-state index contributed by atoms with van der Waals surface area (Å²) >= 11 is 0. The van der Waals surface area contributed by atoms with Crippen molar-refractivity contribution in [3.63, 3.8) is 0 Å². The highest BCUT2D eigenvalue weighted by Gasteiger charge is 2.49. The molecule has 2 aromatic carbocycles. The van der Waals surface area contributed by atoms with E-state index in [1.54, 1.807) is 0 Å². The third kappa shape index (κ3) is 13.4. The Bertz CT molecular complexity index is 1460. The van der Waals surface area contributed by atoms with Gasteiger partial charge in [-0.15, -0.1) is 0 Å². The molecule has 55 heavy (non-hydrogen) atoms. The van der Waals surface area contributed by atoms with Crippen LogP contribution in [0.25, 0.3) is 0 Å². The molecule has 0 bridgehead atoms. The van der Waals surface area contributed by atoms with Crippen LogP contribution >= 0.6 is 0 Å². The number of unbranched alkanes of at least 4 members (excludes halogenated alkanes) is 10. The van der Waals surface area contributed by atoms with Crippen LogP contribution < -0.4 is 0 Å². The minimum Gasteiger partial charge on any atom is -0.481 e. The number of carbonyl (C=O) groups excluding carboxylic acids is 3. The van der Waals surface area contributed by atoms with Gasteiger partial charge in [-0.1, -0.05) is 133 Å². The van der Waals surface area contributed by atoms with E-state index in [0.29, 0.717) is 31.5 Å². The Morgan fingerprint density at radius 2 is 1.27 bits per heavy atom. The fraction of sp³-hybridized carbons (Fsp3) is 0.667. The summed E-state index contributed by atoms with van der Waals surface area (Å²) in [5.41, 5.74) is 3.55. The monoisotopic (exact) mass is 759 g/mol. The van der Waals surface area contributed by atoms with Crippen molar-refractivity contribution in [1.82, 2.24) is 0 Å². The molecule has 2 fully saturated rings. The molecule has 7 nitrogen and oxygen atoms in total. The van der Waals surface area contributed by atoms with Gasteiger partial charge < -0.3 is 14.9 Å². The SMILES string of the molecule is CCCCC[C@H](O)c1ccc([C@]2(c3ccc([C@@H](CCCCC)OC(=O)CCCCCCC4CCCC4=O)cc3)CCC(=O)[C@@H]2CCCCCCC(=O)O)cc1. The number of aliphatic hydroxyl groups is 1. The van der Waals surface area contributed by atoms with E-state index in [4.69, 9.17) is 9.84 Å². The molecule has 2 aliphatic carbocycles. The van der Waals surface area contributed by atoms with Crippen LogP contribution in [0.15, 0.2) is 48.5 Å². The maximum absolute atomic E-state index is 13.7. The lowest BCUT2D eigenvalue weighted by molar-refractivity contribution is -0.150. The molecule has 2 saturated carbocycles. The molecule has 0 amide bonds. The highest BCUT2D eigenvalue weighted by Crippen LogP contribution is 2.51. The van der Waals surface area contributed by atoms with E-state index in [2.05, 4.69) is 50.2 Å². The molecule has 2 aromatic rings. The van der Waals surface area contributed by atoms with Crippen molar-refractivity contribution < 1.29 is 34.1 Å². The molecule has 0 aromatic heterocycles. The molecule has 0 radical (unpaired) electrons. The van der Waals surface area contributed by atoms with E-state index in [1.807, 2.05) is 12.1 Å². The Kier molecular flexibility index (Phi) is 19.1. The average molecular weight is 759 g/mol. The maximum Gasteiger partial charge on any atom is 0.306 e. The van der Waals surface area contributed by atoms with Gasteiger partial charge >= 0.3 is 11.9 Å². The molecule has 2 N–H and O–H groups in total. The molecule has 0 aliphatic heterocycles. The lowest BCUT2D eigenvalue weighted by Crippen LogP contribution is -2.34. The zero-order valence-electron chi connectivity index (χ0n) is 34.0. The number of hydrogen-bond acceptors (Lipinski definition) is 6. The van der Waals surface area contributed by atoms with Crippen molar-refractivity contribution in [3.05, 3.63) is 70.8 Å². The Hall–Kier alpha value is -3.32. The van der Waals surface area contributed by atoms with Crippen LogP contribution in [0.5, 0.6) is 0 Å². The molecular formula is C48H70O7. The van der Waals surface area contributed by atoms with Crippen molar-refractivity contribution in [1.29, 1.82) is 0 Å². The summed E-state index contributed by atoms with van der Waals surface area (Å²) in [5, 5.41) is 20.0. The number of carboxylic acids is 1. The van der Waals surface area contributed by atoms with Crippen LogP contribution in [0.1, 0.15) is 209 Å². The number of carboxylic acid groups (broad SMARTS) is 1. The minimum atomic E-state index is -0.768. The van der Waals surface area contributed by atoms with Gasteiger partial charge in [-0.2, -0.15) is 0 Å². The van der Waals surface area contributed by atoms with E-state index in [-0.39, 0.29) is 36.1 Å². The highest BCUT2D eigenvalue weighted by atomic mass is 16.5. The third-order valence-corrected chi connectivity index (χ3v) is 12.5. The molecule has 4 rings (SSSR count). The van der Waals surface area contributed by atoms with E-state index >= 15 is 0 Å². The zero-order chi connectivity index (χ0) is 39.5.